The molecular weight excluding hydrogens is 290 g/mol. The number of nitrogens with one attached hydrogen (secondary N) is 1. The Morgan fingerprint density at radius 3 is 2.61 bits per heavy atom. The highest BCUT2D eigenvalue weighted by molar-refractivity contribution is 6.00. The molecule has 0 unspecified atom stereocenters. The summed E-state index contributed by atoms with van der Waals surface area (Å²) in [5.41, 5.74) is 6.45. The summed E-state index contributed by atoms with van der Waals surface area (Å²) in [4.78, 5) is 14.4. The van der Waals surface area contributed by atoms with Crippen LogP contribution in [0.2, 0.25) is 0 Å². The van der Waals surface area contributed by atoms with E-state index >= 15 is 0 Å². The summed E-state index contributed by atoms with van der Waals surface area (Å²) in [5, 5.41) is 9.56. The van der Waals surface area contributed by atoms with Gasteiger partial charge in [-0.2, -0.15) is 5.26 Å². The molecule has 0 aliphatic carbocycles. The predicted molar refractivity (Wildman–Crippen MR) is 85.4 cm³/mol. The van der Waals surface area contributed by atoms with E-state index in [1.54, 1.807) is 12.1 Å². The van der Waals surface area contributed by atoms with Gasteiger partial charge in [-0.1, -0.05) is 30.3 Å². The molecule has 120 valence electrons. The van der Waals surface area contributed by atoms with E-state index in [0.717, 1.165) is 32.5 Å². The molecule has 1 spiro atoms. The summed E-state index contributed by atoms with van der Waals surface area (Å²) in [7, 11) is 0. The second-order valence-corrected chi connectivity index (χ2v) is 6.34. The summed E-state index contributed by atoms with van der Waals surface area (Å²) in [6.45, 7) is 5.06. The maximum absolute atomic E-state index is 13.0. The van der Waals surface area contributed by atoms with E-state index in [1.807, 2.05) is 18.2 Å². The number of nitrogens with two attached hydrogens (primary N) is 1. The van der Waals surface area contributed by atoms with E-state index in [1.165, 1.54) is 4.90 Å². The number of nitrogens with zero attached hydrogens (tertiary/aromatic N) is 1. The number of carbonyl (C=O) groups excluding carboxylic acids is 1. The number of hydrogen-bond acceptors (Lipinski definition) is 4. The van der Waals surface area contributed by atoms with Crippen LogP contribution in [0.25, 0.3) is 0 Å². The van der Waals surface area contributed by atoms with Crippen LogP contribution in [0.1, 0.15) is 30.1 Å². The monoisotopic (exact) mass is 312 g/mol. The lowest BCUT2D eigenvalue weighted by Crippen LogP contribution is -3.13. The Balaban J connectivity index is 1.95. The number of benzene rings is 1. The van der Waals surface area contributed by atoms with E-state index in [4.69, 9.17) is 10.5 Å². The molecule has 0 aromatic heterocycles. The normalized spacial score (nSPS) is 30.1. The molecular formula is C18H22N3O2+. The van der Waals surface area contributed by atoms with Gasteiger partial charge >= 0.3 is 0 Å². The number of quaternary nitrogens is 1. The van der Waals surface area contributed by atoms with Crippen LogP contribution >= 0.6 is 0 Å². The van der Waals surface area contributed by atoms with Crippen LogP contribution in [0, 0.1) is 16.7 Å². The molecule has 1 aromatic rings. The Hall–Kier alpha value is -2.32. The van der Waals surface area contributed by atoms with Crippen molar-refractivity contribution in [1.82, 2.24) is 0 Å². The number of Topliss-reactive ketones (excluding diaryl/α,β-unsaturated/α-hetero) is 1. The van der Waals surface area contributed by atoms with Gasteiger partial charge in [0.1, 0.15) is 6.07 Å². The molecule has 3 rings (SSSR count). The van der Waals surface area contributed by atoms with E-state index < -0.39 is 11.5 Å². The van der Waals surface area contributed by atoms with Gasteiger partial charge in [-0.25, -0.2) is 0 Å². The Bertz CT molecular complexity index is 667. The minimum absolute atomic E-state index is 0.0845. The summed E-state index contributed by atoms with van der Waals surface area (Å²) in [6, 6.07) is 11.3. The van der Waals surface area contributed by atoms with Crippen molar-refractivity contribution in [3.05, 3.63) is 47.4 Å². The third kappa shape index (κ3) is 2.49. The van der Waals surface area contributed by atoms with Gasteiger partial charge in [0.25, 0.3) is 0 Å². The lowest BCUT2D eigenvalue weighted by atomic mass is 9.68. The molecule has 2 heterocycles. The average molecular weight is 312 g/mol. The standard InChI is InChI=1S/C18H21N3O2/c1-2-21-10-8-18(9-11-21)14(12-19)17(20)23-16(18)15(22)13-6-4-3-5-7-13/h3-7,16H,2,8-11,20H2,1H3/p+1/t16-/m1/s1. The van der Waals surface area contributed by atoms with Crippen molar-refractivity contribution in [2.75, 3.05) is 19.6 Å². The van der Waals surface area contributed by atoms with Crippen molar-refractivity contribution in [3.63, 3.8) is 0 Å². The quantitative estimate of drug-likeness (QED) is 0.803. The summed E-state index contributed by atoms with van der Waals surface area (Å²) >= 11 is 0. The number of likely N-dealkylation sites (tertiary alicyclic amines) is 1. The number of rotatable bonds is 3. The van der Waals surface area contributed by atoms with Crippen LogP contribution in [0.4, 0.5) is 0 Å². The van der Waals surface area contributed by atoms with E-state index in [-0.39, 0.29) is 11.7 Å². The average Bonchev–Trinajstić information content (AvgIpc) is 2.87. The molecule has 1 atom stereocenters. The zero-order chi connectivity index (χ0) is 16.4. The highest BCUT2D eigenvalue weighted by Gasteiger charge is 2.56. The van der Waals surface area contributed by atoms with E-state index in [9.17, 15) is 10.1 Å². The number of carbonyl (C=O) groups is 1. The molecule has 0 saturated carbocycles. The Kier molecular flexibility index (Phi) is 4.10. The SMILES string of the molecule is CC[NH+]1CCC2(CC1)C(C#N)=C(N)O[C@@H]2C(=O)c1ccccc1. The van der Waals surface area contributed by atoms with Crippen LogP contribution < -0.4 is 10.6 Å². The lowest BCUT2D eigenvalue weighted by Gasteiger charge is -2.38. The second-order valence-electron chi connectivity index (χ2n) is 6.34. The number of ketones is 1. The first-order valence-electron chi connectivity index (χ1n) is 8.12. The van der Waals surface area contributed by atoms with E-state index in [2.05, 4.69) is 13.0 Å². The number of hydrogen-bond donors (Lipinski definition) is 2. The van der Waals surface area contributed by atoms with Crippen molar-refractivity contribution in [2.24, 2.45) is 11.1 Å². The van der Waals surface area contributed by atoms with Gasteiger partial charge in [0.05, 0.1) is 30.6 Å². The second kappa shape index (κ2) is 6.05. The lowest BCUT2D eigenvalue weighted by molar-refractivity contribution is -0.905. The largest absolute Gasteiger partial charge is 0.466 e. The molecule has 1 fully saturated rings. The molecule has 1 aromatic carbocycles. The number of piperidine rings is 1. The maximum Gasteiger partial charge on any atom is 0.204 e. The highest BCUT2D eigenvalue weighted by Crippen LogP contribution is 2.47. The van der Waals surface area contributed by atoms with Crippen LogP contribution in [0.5, 0.6) is 0 Å². The zero-order valence-corrected chi connectivity index (χ0v) is 13.3. The third-order valence-electron chi connectivity index (χ3n) is 5.25. The minimum atomic E-state index is -0.682. The molecule has 3 N–H and O–H groups in total. The van der Waals surface area contributed by atoms with Crippen molar-refractivity contribution >= 4 is 5.78 Å². The molecule has 23 heavy (non-hydrogen) atoms. The van der Waals surface area contributed by atoms with Gasteiger partial charge in [-0.15, -0.1) is 0 Å². The molecule has 5 nitrogen and oxygen atoms in total. The fourth-order valence-electron chi connectivity index (χ4n) is 3.82. The van der Waals surface area contributed by atoms with Gasteiger partial charge in [0.2, 0.25) is 5.78 Å². The van der Waals surface area contributed by atoms with Gasteiger partial charge in [-0.05, 0) is 6.92 Å². The molecule has 2 aliphatic rings. The van der Waals surface area contributed by atoms with Gasteiger partial charge in [0, 0.05) is 18.4 Å². The first kappa shape index (κ1) is 15.6. The van der Waals surface area contributed by atoms with Gasteiger partial charge in [0.15, 0.2) is 12.0 Å². The smallest absolute Gasteiger partial charge is 0.204 e. The summed E-state index contributed by atoms with van der Waals surface area (Å²) in [5.74, 6) is 0.0421. The molecule has 0 bridgehead atoms. The Morgan fingerprint density at radius 2 is 2.04 bits per heavy atom. The van der Waals surface area contributed by atoms with Crippen molar-refractivity contribution in [2.45, 2.75) is 25.9 Å². The van der Waals surface area contributed by atoms with Gasteiger partial charge in [-0.3, -0.25) is 4.79 Å². The molecule has 1 saturated heterocycles. The minimum Gasteiger partial charge on any atom is -0.466 e. The Morgan fingerprint density at radius 1 is 1.39 bits per heavy atom. The Labute approximate surface area is 136 Å². The molecule has 5 heteroatoms. The van der Waals surface area contributed by atoms with Crippen molar-refractivity contribution < 1.29 is 14.4 Å². The number of ether oxygens (including phenoxy) is 1. The summed E-state index contributed by atoms with van der Waals surface area (Å²) in [6.07, 6.45) is 0.824. The molecule has 0 radical (unpaired) electrons. The fourth-order valence-corrected chi connectivity index (χ4v) is 3.82. The van der Waals surface area contributed by atoms with Crippen LogP contribution in [0.3, 0.4) is 0 Å². The summed E-state index contributed by atoms with van der Waals surface area (Å²) < 4.78 is 5.72. The maximum atomic E-state index is 13.0. The fraction of sp³-hybridized carbons (Fsp3) is 0.444. The topological polar surface area (TPSA) is 80.6 Å². The molecule has 0 amide bonds. The first-order chi connectivity index (χ1) is 11.1. The van der Waals surface area contributed by atoms with Crippen LogP contribution in [-0.2, 0) is 4.74 Å². The number of nitriles is 1. The highest BCUT2D eigenvalue weighted by atomic mass is 16.5. The van der Waals surface area contributed by atoms with Crippen LogP contribution in [-0.4, -0.2) is 31.5 Å². The van der Waals surface area contributed by atoms with Crippen molar-refractivity contribution in [1.29, 1.82) is 5.26 Å². The predicted octanol–water partition coefficient (Wildman–Crippen LogP) is 0.647. The van der Waals surface area contributed by atoms with E-state index in [0.29, 0.717) is 11.1 Å². The zero-order valence-electron chi connectivity index (χ0n) is 13.3. The first-order valence-corrected chi connectivity index (χ1v) is 8.12. The van der Waals surface area contributed by atoms with Crippen LogP contribution in [0.15, 0.2) is 41.8 Å². The van der Waals surface area contributed by atoms with Gasteiger partial charge < -0.3 is 15.4 Å². The third-order valence-corrected chi connectivity index (χ3v) is 5.25. The molecule has 2 aliphatic heterocycles. The van der Waals surface area contributed by atoms with Crippen molar-refractivity contribution in [3.8, 4) is 6.07 Å².